The maximum absolute atomic E-state index is 11.9. The van der Waals surface area contributed by atoms with E-state index in [0.717, 1.165) is 0 Å². The van der Waals surface area contributed by atoms with Gasteiger partial charge in [0, 0.05) is 6.08 Å². The third-order valence-corrected chi connectivity index (χ3v) is 3.78. The predicted octanol–water partition coefficient (Wildman–Crippen LogP) is 3.08. The normalized spacial score (nSPS) is 12.2. The molecule has 7 heteroatoms. The summed E-state index contributed by atoms with van der Waals surface area (Å²) in [5.41, 5.74) is 3.43. The highest BCUT2D eigenvalue weighted by Gasteiger charge is 2.15. The minimum atomic E-state index is -1.30. The van der Waals surface area contributed by atoms with E-state index in [1.807, 2.05) is 0 Å². The zero-order valence-electron chi connectivity index (χ0n) is 15.3. The van der Waals surface area contributed by atoms with Gasteiger partial charge in [0.1, 0.15) is 11.5 Å². The molecule has 0 aliphatic carbocycles. The van der Waals surface area contributed by atoms with Crippen LogP contribution in [0.25, 0.3) is 6.08 Å². The highest BCUT2D eigenvalue weighted by atomic mass is 16.5. The Bertz CT molecular complexity index is 993. The number of hydrazone groups is 1. The number of nitrogens with one attached hydrogen (secondary N) is 1. The van der Waals surface area contributed by atoms with E-state index in [4.69, 9.17) is 9.15 Å². The number of rotatable bonds is 7. The average molecular weight is 390 g/mol. The molecule has 1 aromatic heterocycles. The van der Waals surface area contributed by atoms with Gasteiger partial charge in [0.05, 0.1) is 12.5 Å². The van der Waals surface area contributed by atoms with Crippen LogP contribution in [-0.2, 0) is 9.59 Å². The topological polar surface area (TPSA) is 101 Å². The molecule has 29 heavy (non-hydrogen) atoms. The SMILES string of the molecule is O=C(/C=C\c1ccco1)Oc1ccc(/C=N\NC(=O)[C@@H](O)c2ccccc2)cc1. The second-order valence-corrected chi connectivity index (χ2v) is 5.89. The number of benzene rings is 2. The van der Waals surface area contributed by atoms with Gasteiger partial charge in [0.25, 0.3) is 5.91 Å². The number of furan rings is 1. The van der Waals surface area contributed by atoms with Crippen LogP contribution in [0.5, 0.6) is 5.75 Å². The average Bonchev–Trinajstić information content (AvgIpc) is 3.27. The van der Waals surface area contributed by atoms with Crippen LogP contribution in [-0.4, -0.2) is 23.2 Å². The maximum atomic E-state index is 11.9. The summed E-state index contributed by atoms with van der Waals surface area (Å²) >= 11 is 0. The lowest BCUT2D eigenvalue weighted by atomic mass is 10.1. The van der Waals surface area contributed by atoms with Gasteiger partial charge in [-0.15, -0.1) is 0 Å². The monoisotopic (exact) mass is 390 g/mol. The molecule has 3 aromatic rings. The number of aliphatic hydroxyl groups is 1. The van der Waals surface area contributed by atoms with E-state index in [1.165, 1.54) is 24.6 Å². The second-order valence-electron chi connectivity index (χ2n) is 5.89. The first-order valence-corrected chi connectivity index (χ1v) is 8.71. The molecule has 2 aromatic carbocycles. The molecular formula is C22H18N2O5. The van der Waals surface area contributed by atoms with Crippen molar-refractivity contribution in [3.8, 4) is 5.75 Å². The Labute approximate surface area is 166 Å². The summed E-state index contributed by atoms with van der Waals surface area (Å²) < 4.78 is 10.3. The van der Waals surface area contributed by atoms with Crippen LogP contribution in [0.4, 0.5) is 0 Å². The van der Waals surface area contributed by atoms with Crippen molar-refractivity contribution in [3.63, 3.8) is 0 Å². The number of carbonyl (C=O) groups is 2. The van der Waals surface area contributed by atoms with Crippen molar-refractivity contribution in [3.05, 3.63) is 96.0 Å². The quantitative estimate of drug-likeness (QED) is 0.212. The molecule has 0 aliphatic heterocycles. The Hall–Kier alpha value is -3.97. The van der Waals surface area contributed by atoms with Crippen LogP contribution in [0, 0.1) is 0 Å². The Balaban J connectivity index is 1.49. The smallest absolute Gasteiger partial charge is 0.336 e. The number of ether oxygens (including phenoxy) is 1. The molecule has 0 saturated heterocycles. The molecule has 0 bridgehead atoms. The number of carbonyl (C=O) groups excluding carboxylic acids is 2. The van der Waals surface area contributed by atoms with Crippen LogP contribution >= 0.6 is 0 Å². The lowest BCUT2D eigenvalue weighted by Crippen LogP contribution is -2.25. The largest absolute Gasteiger partial charge is 0.465 e. The Morgan fingerprint density at radius 1 is 1.03 bits per heavy atom. The predicted molar refractivity (Wildman–Crippen MR) is 107 cm³/mol. The van der Waals surface area contributed by atoms with Crippen LogP contribution in [0.2, 0.25) is 0 Å². The maximum Gasteiger partial charge on any atom is 0.336 e. The summed E-state index contributed by atoms with van der Waals surface area (Å²) in [6.07, 6.45) is 4.40. The molecule has 0 fully saturated rings. The molecule has 146 valence electrons. The summed E-state index contributed by atoms with van der Waals surface area (Å²) in [4.78, 5) is 23.7. The first-order chi connectivity index (χ1) is 14.1. The Morgan fingerprint density at radius 2 is 1.79 bits per heavy atom. The number of aliphatic hydroxyl groups excluding tert-OH is 1. The number of hydrogen-bond acceptors (Lipinski definition) is 6. The van der Waals surface area contributed by atoms with Gasteiger partial charge in [-0.05, 0) is 53.6 Å². The first kappa shape index (κ1) is 19.8. The van der Waals surface area contributed by atoms with Crippen LogP contribution in [0.15, 0.2) is 88.6 Å². The van der Waals surface area contributed by atoms with E-state index in [9.17, 15) is 14.7 Å². The zero-order valence-corrected chi connectivity index (χ0v) is 15.3. The molecule has 1 atom stereocenters. The van der Waals surface area contributed by atoms with E-state index in [1.54, 1.807) is 66.7 Å². The van der Waals surface area contributed by atoms with Gasteiger partial charge < -0.3 is 14.3 Å². The zero-order chi connectivity index (χ0) is 20.5. The van der Waals surface area contributed by atoms with Gasteiger partial charge in [-0.25, -0.2) is 10.2 Å². The third-order valence-electron chi connectivity index (χ3n) is 3.78. The van der Waals surface area contributed by atoms with Crippen molar-refractivity contribution in [2.75, 3.05) is 0 Å². The van der Waals surface area contributed by atoms with Gasteiger partial charge in [-0.1, -0.05) is 30.3 Å². The number of hydrogen-bond donors (Lipinski definition) is 2. The van der Waals surface area contributed by atoms with Crippen molar-refractivity contribution in [1.82, 2.24) is 5.43 Å². The lowest BCUT2D eigenvalue weighted by molar-refractivity contribution is -0.130. The van der Waals surface area contributed by atoms with Crippen LogP contribution in [0.3, 0.4) is 0 Å². The highest BCUT2D eigenvalue weighted by Crippen LogP contribution is 2.13. The summed E-state index contributed by atoms with van der Waals surface area (Å²) in [7, 11) is 0. The van der Waals surface area contributed by atoms with E-state index >= 15 is 0 Å². The van der Waals surface area contributed by atoms with Gasteiger partial charge in [-0.3, -0.25) is 4.79 Å². The summed E-state index contributed by atoms with van der Waals surface area (Å²) in [6.45, 7) is 0. The van der Waals surface area contributed by atoms with Crippen molar-refractivity contribution < 1.29 is 23.8 Å². The third kappa shape index (κ3) is 6.02. The van der Waals surface area contributed by atoms with E-state index in [0.29, 0.717) is 22.6 Å². The minimum absolute atomic E-state index is 0.361. The molecule has 0 saturated carbocycles. The van der Waals surface area contributed by atoms with Gasteiger partial charge in [0.2, 0.25) is 0 Å². The van der Waals surface area contributed by atoms with Gasteiger partial charge in [-0.2, -0.15) is 5.10 Å². The van der Waals surface area contributed by atoms with Gasteiger partial charge in [0.15, 0.2) is 6.10 Å². The number of esters is 1. The fourth-order valence-corrected chi connectivity index (χ4v) is 2.33. The number of amides is 1. The molecule has 3 rings (SSSR count). The molecule has 7 nitrogen and oxygen atoms in total. The standard InChI is InChI=1S/C22H18N2O5/c25-20(13-12-18-7-4-14-28-18)29-19-10-8-16(9-11-19)15-23-24-22(27)21(26)17-5-2-1-3-6-17/h1-15,21,26H,(H,24,27)/b13-12-,23-15-/t21-/m0/s1. The molecular weight excluding hydrogens is 372 g/mol. The number of nitrogens with zero attached hydrogens (tertiary/aromatic N) is 1. The first-order valence-electron chi connectivity index (χ1n) is 8.71. The molecule has 0 aliphatic rings. The molecule has 0 radical (unpaired) electrons. The van der Waals surface area contributed by atoms with E-state index in [2.05, 4.69) is 10.5 Å². The fourth-order valence-electron chi connectivity index (χ4n) is 2.33. The summed E-state index contributed by atoms with van der Waals surface area (Å²) in [6, 6.07) is 18.5. The molecule has 0 unspecified atom stereocenters. The van der Waals surface area contributed by atoms with Crippen LogP contribution < -0.4 is 10.2 Å². The molecule has 0 spiro atoms. The van der Waals surface area contributed by atoms with E-state index in [-0.39, 0.29) is 0 Å². The fraction of sp³-hybridized carbons (Fsp3) is 0.0455. The second kappa shape index (κ2) is 9.82. The lowest BCUT2D eigenvalue weighted by Gasteiger charge is -2.08. The molecule has 1 heterocycles. The van der Waals surface area contributed by atoms with Crippen LogP contribution in [0.1, 0.15) is 23.0 Å². The Kier molecular flexibility index (Phi) is 6.70. The van der Waals surface area contributed by atoms with Crippen molar-refractivity contribution >= 4 is 24.2 Å². The van der Waals surface area contributed by atoms with Crippen molar-refractivity contribution in [2.24, 2.45) is 5.10 Å². The molecule has 1 amide bonds. The Morgan fingerprint density at radius 3 is 2.48 bits per heavy atom. The minimum Gasteiger partial charge on any atom is -0.465 e. The highest BCUT2D eigenvalue weighted by molar-refractivity contribution is 5.88. The van der Waals surface area contributed by atoms with Crippen molar-refractivity contribution in [2.45, 2.75) is 6.10 Å². The molecule has 2 N–H and O–H groups in total. The van der Waals surface area contributed by atoms with E-state index < -0.39 is 18.0 Å². The van der Waals surface area contributed by atoms with Gasteiger partial charge >= 0.3 is 5.97 Å². The summed E-state index contributed by atoms with van der Waals surface area (Å²) in [5.74, 6) is -0.265. The van der Waals surface area contributed by atoms with Crippen molar-refractivity contribution in [1.29, 1.82) is 0 Å². The summed E-state index contributed by atoms with van der Waals surface area (Å²) in [5, 5.41) is 13.8.